The van der Waals surface area contributed by atoms with Crippen LogP contribution in [0.1, 0.15) is 21.8 Å². The topological polar surface area (TPSA) is 60.5 Å². The van der Waals surface area contributed by atoms with Crippen LogP contribution in [0.5, 0.6) is 5.75 Å². The van der Waals surface area contributed by atoms with Gasteiger partial charge >= 0.3 is 5.90 Å². The van der Waals surface area contributed by atoms with Crippen LogP contribution in [-0.2, 0) is 0 Å². The number of nitrogens with one attached hydrogen (secondary N) is 1. The van der Waals surface area contributed by atoms with E-state index < -0.39 is 5.92 Å². The highest BCUT2D eigenvalue weighted by Gasteiger charge is 2.38. The minimum atomic E-state index is -0.669. The third-order valence-corrected chi connectivity index (χ3v) is 3.42. The van der Waals surface area contributed by atoms with Gasteiger partial charge in [0, 0.05) is 0 Å². The van der Waals surface area contributed by atoms with Crippen molar-refractivity contribution in [3.05, 3.63) is 59.7 Å². The van der Waals surface area contributed by atoms with Crippen molar-refractivity contribution < 1.29 is 19.6 Å². The fourth-order valence-electron chi connectivity index (χ4n) is 2.41. The lowest BCUT2D eigenvalue weighted by Crippen LogP contribution is -2.71. The summed E-state index contributed by atoms with van der Waals surface area (Å²) >= 11 is 0. The molecular formula is C16H14NO3+. The summed E-state index contributed by atoms with van der Waals surface area (Å²) in [6.07, 6.45) is 0. The molecule has 2 aromatic rings. The van der Waals surface area contributed by atoms with Crippen molar-refractivity contribution in [1.29, 1.82) is 0 Å². The fourth-order valence-corrected chi connectivity index (χ4v) is 2.41. The standard InChI is InChI=1S/C16H13NO3/c1-20-11-7-8-12-13(9-11)17-16(19)14(15(12)18)10-5-3-2-4-6-10/h2-9,14H,1H3,(H,17,19)/p+1/t14-/m1/s1. The summed E-state index contributed by atoms with van der Waals surface area (Å²) in [6, 6.07) is 14.4. The Hall–Kier alpha value is -2.62. The van der Waals surface area contributed by atoms with Crippen molar-refractivity contribution in [3.8, 4) is 5.75 Å². The summed E-state index contributed by atoms with van der Waals surface area (Å²) in [6.45, 7) is 0. The number of fused-ring (bicyclic) bond motifs is 1. The minimum absolute atomic E-state index is 0.0537. The first-order chi connectivity index (χ1) is 9.70. The van der Waals surface area contributed by atoms with Crippen molar-refractivity contribution in [2.75, 3.05) is 7.11 Å². The molecule has 1 aliphatic rings. The molecule has 2 N–H and O–H groups in total. The third kappa shape index (κ3) is 1.95. The van der Waals surface area contributed by atoms with Gasteiger partial charge in [-0.3, -0.25) is 4.79 Å². The van der Waals surface area contributed by atoms with Crippen LogP contribution < -0.4 is 9.73 Å². The van der Waals surface area contributed by atoms with E-state index in [1.54, 1.807) is 25.3 Å². The van der Waals surface area contributed by atoms with Gasteiger partial charge in [-0.25, -0.2) is 0 Å². The minimum Gasteiger partial charge on any atom is -0.497 e. The number of Topliss-reactive ketones (excluding diaryl/α,β-unsaturated/α-hetero) is 1. The number of ketones is 1. The second kappa shape index (κ2) is 4.81. The van der Waals surface area contributed by atoms with E-state index in [1.165, 1.54) is 0 Å². The third-order valence-electron chi connectivity index (χ3n) is 3.42. The van der Waals surface area contributed by atoms with Crippen LogP contribution in [0.2, 0.25) is 0 Å². The largest absolute Gasteiger partial charge is 0.497 e. The zero-order valence-corrected chi connectivity index (χ0v) is 11.0. The average molecular weight is 268 g/mol. The van der Waals surface area contributed by atoms with Gasteiger partial charge in [0.05, 0.1) is 18.7 Å². The summed E-state index contributed by atoms with van der Waals surface area (Å²) in [5, 5.41) is 10.1. The molecule has 2 aromatic carbocycles. The molecule has 0 radical (unpaired) electrons. The Morgan fingerprint density at radius 3 is 2.60 bits per heavy atom. The highest BCUT2D eigenvalue weighted by Crippen LogP contribution is 2.28. The van der Waals surface area contributed by atoms with E-state index in [1.807, 2.05) is 30.3 Å². The van der Waals surface area contributed by atoms with Gasteiger partial charge in [0.25, 0.3) is 0 Å². The Morgan fingerprint density at radius 1 is 1.15 bits per heavy atom. The number of rotatable bonds is 2. The Bertz CT molecular complexity index is 692. The van der Waals surface area contributed by atoms with Gasteiger partial charge in [0.1, 0.15) is 5.75 Å². The van der Waals surface area contributed by atoms with Gasteiger partial charge in [-0.1, -0.05) is 30.3 Å². The molecule has 1 heterocycles. The van der Waals surface area contributed by atoms with Crippen LogP contribution in [0.4, 0.5) is 5.69 Å². The lowest BCUT2D eigenvalue weighted by Gasteiger charge is -2.16. The predicted octanol–water partition coefficient (Wildman–Crippen LogP) is 1.34. The maximum Gasteiger partial charge on any atom is 0.353 e. The Morgan fingerprint density at radius 2 is 1.90 bits per heavy atom. The van der Waals surface area contributed by atoms with Gasteiger partial charge in [-0.15, -0.1) is 0 Å². The molecule has 0 bridgehead atoms. The number of carbonyl (C=O) groups is 1. The van der Waals surface area contributed by atoms with E-state index in [2.05, 4.69) is 4.99 Å². The van der Waals surface area contributed by atoms with Crippen molar-refractivity contribution in [1.82, 2.24) is 0 Å². The number of ether oxygens (including phenoxy) is 1. The first kappa shape index (κ1) is 12.4. The molecule has 3 rings (SSSR count). The average Bonchev–Trinajstić information content (AvgIpc) is 2.47. The maximum absolute atomic E-state index is 12.6. The molecule has 0 unspecified atom stereocenters. The second-order valence-electron chi connectivity index (χ2n) is 4.63. The van der Waals surface area contributed by atoms with E-state index in [0.29, 0.717) is 17.0 Å². The van der Waals surface area contributed by atoms with Crippen LogP contribution in [0, 0.1) is 0 Å². The zero-order valence-electron chi connectivity index (χ0n) is 11.0. The normalized spacial score (nSPS) is 17.4. The Labute approximate surface area is 116 Å². The first-order valence-corrected chi connectivity index (χ1v) is 6.30. The smallest absolute Gasteiger partial charge is 0.353 e. The van der Waals surface area contributed by atoms with Gasteiger partial charge in [-0.05, 0) is 17.7 Å². The second-order valence-corrected chi connectivity index (χ2v) is 4.63. The van der Waals surface area contributed by atoms with E-state index in [4.69, 9.17) is 4.74 Å². The zero-order chi connectivity index (χ0) is 14.1. The summed E-state index contributed by atoms with van der Waals surface area (Å²) in [5.41, 5.74) is 1.89. The van der Waals surface area contributed by atoms with Crippen LogP contribution in [0.15, 0.2) is 48.5 Å². The van der Waals surface area contributed by atoms with E-state index in [0.717, 1.165) is 5.56 Å². The van der Waals surface area contributed by atoms with Crippen molar-refractivity contribution in [2.24, 2.45) is 0 Å². The summed E-state index contributed by atoms with van der Waals surface area (Å²) in [5.74, 6) is -0.209. The molecule has 100 valence electrons. The first-order valence-electron chi connectivity index (χ1n) is 6.30. The quantitative estimate of drug-likeness (QED) is 0.864. The highest BCUT2D eigenvalue weighted by atomic mass is 16.5. The van der Waals surface area contributed by atoms with E-state index >= 15 is 0 Å². The molecule has 0 amide bonds. The number of carbonyl (C=O) groups excluding carboxylic acids is 1. The molecule has 0 fully saturated rings. The molecule has 1 aliphatic heterocycles. The number of aliphatic hydroxyl groups excluding tert-OH is 1. The van der Waals surface area contributed by atoms with Crippen molar-refractivity contribution >= 4 is 17.4 Å². The van der Waals surface area contributed by atoms with Gasteiger partial charge in [0.15, 0.2) is 11.7 Å². The lowest BCUT2D eigenvalue weighted by atomic mass is 9.87. The molecule has 0 aliphatic carbocycles. The van der Waals surface area contributed by atoms with Crippen LogP contribution >= 0.6 is 0 Å². The summed E-state index contributed by atoms with van der Waals surface area (Å²) in [7, 11) is 1.56. The number of hydrogen-bond donors (Lipinski definition) is 2. The van der Waals surface area contributed by atoms with E-state index in [-0.39, 0.29) is 11.7 Å². The van der Waals surface area contributed by atoms with Crippen LogP contribution in [-0.4, -0.2) is 23.9 Å². The molecule has 0 saturated carbocycles. The van der Waals surface area contributed by atoms with E-state index in [9.17, 15) is 9.90 Å². The Balaban J connectivity index is 2.10. The lowest BCUT2D eigenvalue weighted by molar-refractivity contribution is -0.369. The number of hydrogen-bond acceptors (Lipinski definition) is 2. The molecule has 0 spiro atoms. The van der Waals surface area contributed by atoms with Gasteiger partial charge in [-0.2, -0.15) is 4.99 Å². The highest BCUT2D eigenvalue weighted by molar-refractivity contribution is 6.16. The number of benzene rings is 2. The molecule has 4 heteroatoms. The fraction of sp³-hybridized carbons (Fsp3) is 0.125. The van der Waals surface area contributed by atoms with Crippen molar-refractivity contribution in [2.45, 2.75) is 5.92 Å². The summed E-state index contributed by atoms with van der Waals surface area (Å²) < 4.78 is 5.12. The van der Waals surface area contributed by atoms with Crippen LogP contribution in [0.3, 0.4) is 0 Å². The Kier molecular flexibility index (Phi) is 2.99. The predicted molar refractivity (Wildman–Crippen MR) is 74.8 cm³/mol. The van der Waals surface area contributed by atoms with Crippen molar-refractivity contribution in [3.63, 3.8) is 0 Å². The number of aliphatic hydroxyl groups is 1. The summed E-state index contributed by atoms with van der Waals surface area (Å²) in [4.78, 5) is 15.5. The molecule has 20 heavy (non-hydrogen) atoms. The van der Waals surface area contributed by atoms with Gasteiger partial charge in [0.2, 0.25) is 5.69 Å². The molecule has 0 aromatic heterocycles. The molecular weight excluding hydrogens is 254 g/mol. The molecule has 4 nitrogen and oxygen atoms in total. The maximum atomic E-state index is 12.6. The van der Waals surface area contributed by atoms with Crippen LogP contribution in [0.25, 0.3) is 0 Å². The number of methoxy groups -OCH3 is 1. The molecule has 0 saturated heterocycles. The molecule has 1 atom stereocenters. The van der Waals surface area contributed by atoms with Gasteiger partial charge < -0.3 is 9.84 Å². The monoisotopic (exact) mass is 268 g/mol. The SMILES string of the molecule is COc1ccc2c(c1)[NH+]=C(O)[C@H](c1ccccc1)C2=O.